The van der Waals surface area contributed by atoms with E-state index in [2.05, 4.69) is 31.3 Å². The zero-order valence-corrected chi connectivity index (χ0v) is 15.9. The fourth-order valence-electron chi connectivity index (χ4n) is 2.79. The lowest BCUT2D eigenvalue weighted by molar-refractivity contribution is -0.117. The Morgan fingerprint density at radius 1 is 1.00 bits per heavy atom. The third kappa shape index (κ3) is 5.19. The molecule has 0 saturated carbocycles. The van der Waals surface area contributed by atoms with Crippen LogP contribution in [0.3, 0.4) is 0 Å². The van der Waals surface area contributed by atoms with E-state index in [0.29, 0.717) is 23.8 Å². The lowest BCUT2D eigenvalue weighted by Crippen LogP contribution is -2.21. The number of carbonyl (C=O) groups is 2. The molecule has 4 nitrogen and oxygen atoms in total. The third-order valence-electron chi connectivity index (χ3n) is 4.20. The van der Waals surface area contributed by atoms with Crippen molar-refractivity contribution in [3.05, 3.63) is 65.2 Å². The zero-order valence-electron chi connectivity index (χ0n) is 15.9. The molecule has 0 unspecified atom stereocenters. The average molecular weight is 353 g/mol. The van der Waals surface area contributed by atoms with Crippen molar-refractivity contribution < 1.29 is 14.3 Å². The van der Waals surface area contributed by atoms with Crippen molar-refractivity contribution in [2.45, 2.75) is 40.0 Å². The van der Waals surface area contributed by atoms with Gasteiger partial charge in [0.2, 0.25) is 5.91 Å². The predicted molar refractivity (Wildman–Crippen MR) is 104 cm³/mol. The molecule has 0 aromatic heterocycles. The van der Waals surface area contributed by atoms with Gasteiger partial charge in [-0.2, -0.15) is 0 Å². The van der Waals surface area contributed by atoms with Crippen LogP contribution in [0.4, 0.5) is 5.69 Å². The molecule has 2 rings (SSSR count). The molecule has 138 valence electrons. The highest BCUT2D eigenvalue weighted by atomic mass is 16.5. The first-order valence-electron chi connectivity index (χ1n) is 9.08. The Kier molecular flexibility index (Phi) is 6.96. The molecule has 0 radical (unpaired) electrons. The Morgan fingerprint density at radius 3 is 2.27 bits per heavy atom. The Balaban J connectivity index is 2.11. The van der Waals surface area contributed by atoms with Gasteiger partial charge in [-0.05, 0) is 49.4 Å². The van der Waals surface area contributed by atoms with Crippen molar-refractivity contribution in [2.24, 2.45) is 5.92 Å². The number of rotatable bonds is 7. The summed E-state index contributed by atoms with van der Waals surface area (Å²) in [5.41, 5.74) is 3.05. The van der Waals surface area contributed by atoms with E-state index in [-0.39, 0.29) is 11.8 Å². The van der Waals surface area contributed by atoms with E-state index in [4.69, 9.17) is 4.74 Å². The second kappa shape index (κ2) is 9.18. The van der Waals surface area contributed by atoms with E-state index in [9.17, 15) is 9.59 Å². The van der Waals surface area contributed by atoms with E-state index in [1.807, 2.05) is 19.1 Å². The highest BCUT2D eigenvalue weighted by molar-refractivity contribution is 6.03. The van der Waals surface area contributed by atoms with E-state index in [0.717, 1.165) is 12.0 Å². The summed E-state index contributed by atoms with van der Waals surface area (Å²) in [6.07, 6.45) is 1.02. The number of para-hydroxylation sites is 1. The summed E-state index contributed by atoms with van der Waals surface area (Å²) in [4.78, 5) is 24.7. The minimum absolute atomic E-state index is 0.154. The van der Waals surface area contributed by atoms with Crippen LogP contribution in [0.2, 0.25) is 0 Å². The van der Waals surface area contributed by atoms with Crippen molar-refractivity contribution in [1.82, 2.24) is 0 Å². The van der Waals surface area contributed by atoms with Gasteiger partial charge in [0.25, 0.3) is 0 Å². The lowest BCUT2D eigenvalue weighted by atomic mass is 9.96. The first-order chi connectivity index (χ1) is 12.4. The van der Waals surface area contributed by atoms with Crippen molar-refractivity contribution in [3.8, 4) is 0 Å². The SMILES string of the molecule is CCOC(=O)c1ccccc1NC(=O)[C@@H](C)c1ccc(CC(C)C)cc1. The van der Waals surface area contributed by atoms with Gasteiger partial charge < -0.3 is 10.1 Å². The lowest BCUT2D eigenvalue weighted by Gasteiger charge is -2.15. The molecule has 0 heterocycles. The summed E-state index contributed by atoms with van der Waals surface area (Å²) in [6, 6.07) is 15.0. The Labute approximate surface area is 155 Å². The van der Waals surface area contributed by atoms with Crippen LogP contribution in [-0.2, 0) is 16.0 Å². The van der Waals surface area contributed by atoms with Crippen LogP contribution in [-0.4, -0.2) is 18.5 Å². The molecule has 26 heavy (non-hydrogen) atoms. The van der Waals surface area contributed by atoms with Crippen LogP contribution in [0.15, 0.2) is 48.5 Å². The standard InChI is InChI=1S/C22H27NO3/c1-5-26-22(25)19-8-6-7-9-20(19)23-21(24)16(4)18-12-10-17(11-13-18)14-15(2)3/h6-13,15-16H,5,14H2,1-4H3,(H,23,24)/t16-/m0/s1. The fraction of sp³-hybridized carbons (Fsp3) is 0.364. The van der Waals surface area contributed by atoms with Gasteiger partial charge in [-0.3, -0.25) is 4.79 Å². The summed E-state index contributed by atoms with van der Waals surface area (Å²) in [6.45, 7) is 8.28. The molecule has 0 saturated heterocycles. The summed E-state index contributed by atoms with van der Waals surface area (Å²) in [7, 11) is 0. The highest BCUT2D eigenvalue weighted by Crippen LogP contribution is 2.22. The molecule has 0 aliphatic carbocycles. The Hall–Kier alpha value is -2.62. The zero-order chi connectivity index (χ0) is 19.1. The molecule has 1 N–H and O–H groups in total. The smallest absolute Gasteiger partial charge is 0.340 e. The molecular formula is C22H27NO3. The molecule has 2 aromatic rings. The average Bonchev–Trinajstić information content (AvgIpc) is 2.62. The number of hydrogen-bond acceptors (Lipinski definition) is 3. The molecule has 4 heteroatoms. The van der Waals surface area contributed by atoms with Crippen molar-refractivity contribution in [1.29, 1.82) is 0 Å². The fourth-order valence-corrected chi connectivity index (χ4v) is 2.79. The van der Waals surface area contributed by atoms with Gasteiger partial charge in [0, 0.05) is 0 Å². The normalized spacial score (nSPS) is 11.9. The minimum Gasteiger partial charge on any atom is -0.462 e. The van der Waals surface area contributed by atoms with Crippen LogP contribution < -0.4 is 5.32 Å². The summed E-state index contributed by atoms with van der Waals surface area (Å²) < 4.78 is 5.05. The number of amides is 1. The van der Waals surface area contributed by atoms with Gasteiger partial charge in [-0.15, -0.1) is 0 Å². The first-order valence-corrected chi connectivity index (χ1v) is 9.08. The largest absolute Gasteiger partial charge is 0.462 e. The van der Waals surface area contributed by atoms with Gasteiger partial charge in [0.1, 0.15) is 0 Å². The van der Waals surface area contributed by atoms with E-state index < -0.39 is 5.97 Å². The second-order valence-corrected chi connectivity index (χ2v) is 6.82. The number of esters is 1. The van der Waals surface area contributed by atoms with Gasteiger partial charge >= 0.3 is 5.97 Å². The van der Waals surface area contributed by atoms with Gasteiger partial charge in [0.05, 0.1) is 23.8 Å². The third-order valence-corrected chi connectivity index (χ3v) is 4.20. The molecule has 0 aliphatic heterocycles. The van der Waals surface area contributed by atoms with Crippen molar-refractivity contribution in [3.63, 3.8) is 0 Å². The summed E-state index contributed by atoms with van der Waals surface area (Å²) >= 11 is 0. The quantitative estimate of drug-likeness (QED) is 0.727. The number of carbonyl (C=O) groups excluding carboxylic acids is 2. The number of nitrogens with one attached hydrogen (secondary N) is 1. The summed E-state index contributed by atoms with van der Waals surface area (Å²) in [5, 5.41) is 2.86. The molecule has 1 amide bonds. The minimum atomic E-state index is -0.436. The van der Waals surface area contributed by atoms with E-state index in [1.165, 1.54) is 5.56 Å². The van der Waals surface area contributed by atoms with Crippen molar-refractivity contribution >= 4 is 17.6 Å². The summed E-state index contributed by atoms with van der Waals surface area (Å²) in [5.74, 6) is -0.313. The molecule has 0 fully saturated rings. The van der Waals surface area contributed by atoms with Crippen LogP contribution in [0.25, 0.3) is 0 Å². The molecule has 0 aliphatic rings. The second-order valence-electron chi connectivity index (χ2n) is 6.82. The molecule has 0 bridgehead atoms. The maximum absolute atomic E-state index is 12.6. The number of hydrogen-bond donors (Lipinski definition) is 1. The van der Waals surface area contributed by atoms with Crippen LogP contribution in [0.5, 0.6) is 0 Å². The maximum atomic E-state index is 12.6. The van der Waals surface area contributed by atoms with E-state index in [1.54, 1.807) is 31.2 Å². The number of ether oxygens (including phenoxy) is 1. The molecular weight excluding hydrogens is 326 g/mol. The molecule has 2 aromatic carbocycles. The topological polar surface area (TPSA) is 55.4 Å². The number of benzene rings is 2. The van der Waals surface area contributed by atoms with Crippen LogP contribution >= 0.6 is 0 Å². The molecule has 0 spiro atoms. The highest BCUT2D eigenvalue weighted by Gasteiger charge is 2.19. The van der Waals surface area contributed by atoms with Crippen LogP contribution in [0, 0.1) is 5.92 Å². The van der Waals surface area contributed by atoms with E-state index >= 15 is 0 Å². The van der Waals surface area contributed by atoms with Gasteiger partial charge in [-0.1, -0.05) is 50.2 Å². The van der Waals surface area contributed by atoms with Crippen LogP contribution in [0.1, 0.15) is 55.1 Å². The van der Waals surface area contributed by atoms with Crippen molar-refractivity contribution in [2.75, 3.05) is 11.9 Å². The molecule has 1 atom stereocenters. The van der Waals surface area contributed by atoms with Gasteiger partial charge in [0.15, 0.2) is 0 Å². The monoisotopic (exact) mass is 353 g/mol. The first kappa shape index (κ1) is 19.7. The maximum Gasteiger partial charge on any atom is 0.340 e. The number of anilines is 1. The Morgan fingerprint density at radius 2 is 1.65 bits per heavy atom. The van der Waals surface area contributed by atoms with Gasteiger partial charge in [-0.25, -0.2) is 4.79 Å². The Bertz CT molecular complexity index is 750. The predicted octanol–water partition coefficient (Wildman–Crippen LogP) is 4.80.